The molecule has 1 aliphatic heterocycles. The number of anilines is 1. The molecule has 1 aromatic rings. The third kappa shape index (κ3) is 4.91. The topological polar surface area (TPSA) is 61.4 Å². The Hall–Kier alpha value is -1.69. The predicted molar refractivity (Wildman–Crippen MR) is 99.5 cm³/mol. The second-order valence-corrected chi connectivity index (χ2v) is 7.57. The van der Waals surface area contributed by atoms with Gasteiger partial charge in [0.25, 0.3) is 0 Å². The third-order valence-corrected chi connectivity index (χ3v) is 5.65. The minimum atomic E-state index is -0.0732. The zero-order valence-electron chi connectivity index (χ0n) is 15.5. The van der Waals surface area contributed by atoms with Crippen LogP contribution in [-0.2, 0) is 4.79 Å². The van der Waals surface area contributed by atoms with Crippen LogP contribution in [0.5, 0.6) is 0 Å². The lowest BCUT2D eigenvalue weighted by Gasteiger charge is -2.31. The number of carbonyl (C=O) groups is 1. The molecule has 1 aliphatic carbocycles. The van der Waals surface area contributed by atoms with Crippen LogP contribution in [0.15, 0.2) is 18.5 Å². The first-order valence-electron chi connectivity index (χ1n) is 9.70. The maximum Gasteiger partial charge on any atom is 0.237 e. The van der Waals surface area contributed by atoms with E-state index in [-0.39, 0.29) is 11.9 Å². The molecule has 3 rings (SSSR count). The Bertz CT molecular complexity index is 544. The number of rotatable bonds is 4. The molecular weight excluding hydrogens is 314 g/mol. The number of hydrogen-bond acceptors (Lipinski definition) is 5. The van der Waals surface area contributed by atoms with E-state index in [2.05, 4.69) is 32.0 Å². The second kappa shape index (κ2) is 8.61. The Balaban J connectivity index is 1.50. The van der Waals surface area contributed by atoms with Gasteiger partial charge in [-0.2, -0.15) is 0 Å². The van der Waals surface area contributed by atoms with E-state index >= 15 is 0 Å². The molecule has 1 amide bonds. The number of carbonyl (C=O) groups excluding carboxylic acids is 1. The highest BCUT2D eigenvalue weighted by Crippen LogP contribution is 2.23. The molecule has 1 aromatic heterocycles. The quantitative estimate of drug-likeness (QED) is 0.905. The molecule has 1 N–H and O–H groups in total. The van der Waals surface area contributed by atoms with Crippen LogP contribution in [0.3, 0.4) is 0 Å². The summed E-state index contributed by atoms with van der Waals surface area (Å²) in [5, 5.41) is 3.28. The van der Waals surface area contributed by atoms with Gasteiger partial charge >= 0.3 is 0 Å². The molecule has 0 spiro atoms. The lowest BCUT2D eigenvalue weighted by Crippen LogP contribution is -2.49. The van der Waals surface area contributed by atoms with Crippen LogP contribution < -0.4 is 10.2 Å². The highest BCUT2D eigenvalue weighted by molar-refractivity contribution is 5.81. The summed E-state index contributed by atoms with van der Waals surface area (Å²) in [4.78, 5) is 25.9. The molecule has 1 saturated heterocycles. The second-order valence-electron chi connectivity index (χ2n) is 7.57. The van der Waals surface area contributed by atoms with Crippen molar-refractivity contribution in [1.29, 1.82) is 0 Å². The highest BCUT2D eigenvalue weighted by Gasteiger charge is 2.27. The molecule has 6 nitrogen and oxygen atoms in total. The normalized spacial score (nSPS) is 26.7. The lowest BCUT2D eigenvalue weighted by atomic mass is 9.87. The van der Waals surface area contributed by atoms with E-state index in [1.165, 1.54) is 12.8 Å². The van der Waals surface area contributed by atoms with Crippen molar-refractivity contribution >= 4 is 11.9 Å². The van der Waals surface area contributed by atoms with Crippen LogP contribution in [0.2, 0.25) is 0 Å². The van der Waals surface area contributed by atoms with Crippen molar-refractivity contribution in [3.8, 4) is 0 Å². The first-order valence-corrected chi connectivity index (χ1v) is 9.70. The molecule has 1 saturated carbocycles. The molecule has 0 radical (unpaired) electrons. The monoisotopic (exact) mass is 345 g/mol. The Labute approximate surface area is 151 Å². The van der Waals surface area contributed by atoms with Crippen molar-refractivity contribution in [3.63, 3.8) is 0 Å². The van der Waals surface area contributed by atoms with Gasteiger partial charge < -0.3 is 10.2 Å². The number of hydrogen-bond donors (Lipinski definition) is 1. The standard InChI is InChI=1S/C19H31N5O/c1-15-5-7-17(8-6-15)22-18(25)16(2)23-11-4-12-24(14-13-23)19-20-9-3-10-21-19/h3,9-10,15-17H,4-8,11-14H2,1-2H3,(H,22,25). The molecule has 0 bridgehead atoms. The average Bonchev–Trinajstić information content (AvgIpc) is 2.90. The van der Waals surface area contributed by atoms with E-state index in [1.807, 2.05) is 13.0 Å². The van der Waals surface area contributed by atoms with Crippen LogP contribution in [0.25, 0.3) is 0 Å². The summed E-state index contributed by atoms with van der Waals surface area (Å²) in [6.07, 6.45) is 9.30. The average molecular weight is 345 g/mol. The Morgan fingerprint density at radius 1 is 1.12 bits per heavy atom. The van der Waals surface area contributed by atoms with Gasteiger partial charge in [0.05, 0.1) is 6.04 Å². The predicted octanol–water partition coefficient (Wildman–Crippen LogP) is 2.07. The van der Waals surface area contributed by atoms with Gasteiger partial charge in [-0.3, -0.25) is 9.69 Å². The van der Waals surface area contributed by atoms with E-state index in [1.54, 1.807) is 12.4 Å². The zero-order valence-corrected chi connectivity index (χ0v) is 15.5. The summed E-state index contributed by atoms with van der Waals surface area (Å²) in [7, 11) is 0. The van der Waals surface area contributed by atoms with E-state index in [4.69, 9.17) is 0 Å². The van der Waals surface area contributed by atoms with Gasteiger partial charge in [-0.25, -0.2) is 9.97 Å². The molecule has 2 heterocycles. The van der Waals surface area contributed by atoms with Gasteiger partial charge in [0, 0.05) is 44.6 Å². The van der Waals surface area contributed by atoms with E-state index in [9.17, 15) is 4.79 Å². The van der Waals surface area contributed by atoms with Gasteiger partial charge in [0.2, 0.25) is 11.9 Å². The molecule has 138 valence electrons. The molecule has 2 fully saturated rings. The van der Waals surface area contributed by atoms with Gasteiger partial charge in [-0.05, 0) is 51.0 Å². The van der Waals surface area contributed by atoms with Crippen molar-refractivity contribution < 1.29 is 4.79 Å². The summed E-state index contributed by atoms with van der Waals surface area (Å²) in [5.74, 6) is 1.78. The van der Waals surface area contributed by atoms with Crippen molar-refractivity contribution in [3.05, 3.63) is 18.5 Å². The molecule has 25 heavy (non-hydrogen) atoms. The smallest absolute Gasteiger partial charge is 0.237 e. The Morgan fingerprint density at radius 3 is 2.56 bits per heavy atom. The number of nitrogens with zero attached hydrogens (tertiary/aromatic N) is 4. The molecule has 1 atom stereocenters. The maximum atomic E-state index is 12.7. The van der Waals surface area contributed by atoms with Crippen molar-refractivity contribution in [1.82, 2.24) is 20.2 Å². The fraction of sp³-hybridized carbons (Fsp3) is 0.737. The number of aromatic nitrogens is 2. The van der Waals surface area contributed by atoms with E-state index in [0.29, 0.717) is 6.04 Å². The summed E-state index contributed by atoms with van der Waals surface area (Å²) < 4.78 is 0. The molecular formula is C19H31N5O. The Morgan fingerprint density at radius 2 is 1.84 bits per heavy atom. The van der Waals surface area contributed by atoms with Crippen LogP contribution in [0, 0.1) is 5.92 Å². The zero-order chi connectivity index (χ0) is 17.6. The third-order valence-electron chi connectivity index (χ3n) is 5.65. The van der Waals surface area contributed by atoms with Gasteiger partial charge in [0.15, 0.2) is 0 Å². The highest BCUT2D eigenvalue weighted by atomic mass is 16.2. The first kappa shape index (κ1) is 18.1. The SMILES string of the molecule is CC1CCC(NC(=O)C(C)N2CCCN(c3ncccn3)CC2)CC1. The summed E-state index contributed by atoms with van der Waals surface area (Å²) in [6.45, 7) is 7.96. The van der Waals surface area contributed by atoms with E-state index < -0.39 is 0 Å². The fourth-order valence-corrected chi connectivity index (χ4v) is 3.87. The van der Waals surface area contributed by atoms with Crippen LogP contribution in [0.4, 0.5) is 5.95 Å². The molecule has 0 aromatic carbocycles. The largest absolute Gasteiger partial charge is 0.352 e. The minimum absolute atomic E-state index is 0.0732. The van der Waals surface area contributed by atoms with Crippen molar-refractivity contribution in [2.75, 3.05) is 31.1 Å². The fourth-order valence-electron chi connectivity index (χ4n) is 3.87. The van der Waals surface area contributed by atoms with Gasteiger partial charge in [-0.1, -0.05) is 6.92 Å². The molecule has 1 unspecified atom stereocenters. The van der Waals surface area contributed by atoms with Gasteiger partial charge in [-0.15, -0.1) is 0 Å². The van der Waals surface area contributed by atoms with Crippen LogP contribution >= 0.6 is 0 Å². The Kier molecular flexibility index (Phi) is 6.24. The van der Waals surface area contributed by atoms with Crippen molar-refractivity contribution in [2.24, 2.45) is 5.92 Å². The van der Waals surface area contributed by atoms with Crippen LogP contribution in [0.1, 0.15) is 46.0 Å². The molecule has 6 heteroatoms. The summed E-state index contributed by atoms with van der Waals surface area (Å²) >= 11 is 0. The summed E-state index contributed by atoms with van der Waals surface area (Å²) in [6, 6.07) is 2.13. The maximum absolute atomic E-state index is 12.7. The number of amides is 1. The minimum Gasteiger partial charge on any atom is -0.352 e. The lowest BCUT2D eigenvalue weighted by molar-refractivity contribution is -0.126. The summed E-state index contributed by atoms with van der Waals surface area (Å²) in [5.41, 5.74) is 0. The number of nitrogens with one attached hydrogen (secondary N) is 1. The van der Waals surface area contributed by atoms with E-state index in [0.717, 1.165) is 57.3 Å². The van der Waals surface area contributed by atoms with Crippen molar-refractivity contribution in [2.45, 2.75) is 58.0 Å². The van der Waals surface area contributed by atoms with Gasteiger partial charge in [0.1, 0.15) is 0 Å². The first-order chi connectivity index (χ1) is 12.1. The van der Waals surface area contributed by atoms with Crippen LogP contribution in [-0.4, -0.2) is 59.0 Å². The molecule has 2 aliphatic rings.